The molecule has 0 atom stereocenters. The number of carbonyl (C=O) groups is 1. The van der Waals surface area contributed by atoms with Gasteiger partial charge in [-0.15, -0.1) is 0 Å². The fourth-order valence-corrected chi connectivity index (χ4v) is 2.59. The number of rotatable bonds is 8. The quantitative estimate of drug-likeness (QED) is 0.416. The summed E-state index contributed by atoms with van der Waals surface area (Å²) in [6.45, 7) is 0. The van der Waals surface area contributed by atoms with E-state index in [0.717, 1.165) is 17.0 Å². The van der Waals surface area contributed by atoms with Gasteiger partial charge in [0.2, 0.25) is 0 Å². The third-order valence-corrected chi connectivity index (χ3v) is 3.60. The Balaban J connectivity index is 2.27. The lowest BCUT2D eigenvalue weighted by molar-refractivity contribution is 0.1000. The summed E-state index contributed by atoms with van der Waals surface area (Å²) in [7, 11) is 7.50. The number of hydrazone groups is 2. The van der Waals surface area contributed by atoms with Crippen LogP contribution in [-0.4, -0.2) is 55.4 Å². The van der Waals surface area contributed by atoms with Gasteiger partial charge in [-0.1, -0.05) is 60.7 Å². The highest BCUT2D eigenvalue weighted by molar-refractivity contribution is 6.18. The van der Waals surface area contributed by atoms with Crippen LogP contribution in [0.5, 0.6) is 0 Å². The zero-order valence-corrected chi connectivity index (χ0v) is 15.9. The Kier molecular flexibility index (Phi) is 7.09. The van der Waals surface area contributed by atoms with Gasteiger partial charge in [0.15, 0.2) is 5.78 Å². The van der Waals surface area contributed by atoms with Crippen molar-refractivity contribution < 1.29 is 4.79 Å². The molecule has 5 nitrogen and oxygen atoms in total. The second-order valence-electron chi connectivity index (χ2n) is 6.42. The molecule has 0 aliphatic rings. The van der Waals surface area contributed by atoms with E-state index in [4.69, 9.17) is 0 Å². The lowest BCUT2D eigenvalue weighted by Gasteiger charge is -2.15. The van der Waals surface area contributed by atoms with Crippen molar-refractivity contribution in [2.75, 3.05) is 28.2 Å². The highest BCUT2D eigenvalue weighted by atomic mass is 16.1. The van der Waals surface area contributed by atoms with E-state index in [1.807, 2.05) is 88.9 Å². The molecule has 0 N–H and O–H groups in total. The van der Waals surface area contributed by atoms with Crippen LogP contribution in [0.15, 0.2) is 70.9 Å². The smallest absolute Gasteiger partial charge is 0.168 e. The zero-order valence-electron chi connectivity index (χ0n) is 15.9. The van der Waals surface area contributed by atoms with Gasteiger partial charge < -0.3 is 10.0 Å². The Labute approximate surface area is 155 Å². The van der Waals surface area contributed by atoms with Crippen LogP contribution in [0.25, 0.3) is 0 Å². The standard InChI is InChI=1S/C21H26N4O/c1-24(2)22-19(16-21(26)18-13-9-6-10-14-18)15-20(23-25(3)4)17-11-7-5-8-12-17/h5-14H,15-16H2,1-4H3. The van der Waals surface area contributed by atoms with Crippen LogP contribution in [0.4, 0.5) is 0 Å². The van der Waals surface area contributed by atoms with Crippen LogP contribution in [0.3, 0.4) is 0 Å². The average molecular weight is 350 g/mol. The fourth-order valence-electron chi connectivity index (χ4n) is 2.59. The van der Waals surface area contributed by atoms with Crippen LogP contribution in [0.1, 0.15) is 28.8 Å². The summed E-state index contributed by atoms with van der Waals surface area (Å²) in [5.74, 6) is 0.0588. The first-order chi connectivity index (χ1) is 12.5. The SMILES string of the molecule is CN(C)N=C(CC(=O)c1ccccc1)CC(=NN(C)C)c1ccccc1. The Hall–Kier alpha value is -2.95. The van der Waals surface area contributed by atoms with Crippen molar-refractivity contribution in [1.82, 2.24) is 10.0 Å². The first kappa shape index (κ1) is 19.4. The minimum Gasteiger partial charge on any atom is -0.303 e. The minimum atomic E-state index is 0.0588. The van der Waals surface area contributed by atoms with Crippen molar-refractivity contribution >= 4 is 17.2 Å². The summed E-state index contributed by atoms with van der Waals surface area (Å²) < 4.78 is 0. The van der Waals surface area contributed by atoms with Gasteiger partial charge in [-0.2, -0.15) is 10.2 Å². The molecule has 2 aromatic carbocycles. The summed E-state index contributed by atoms with van der Waals surface area (Å²) in [6, 6.07) is 19.3. The molecule has 0 fully saturated rings. The monoisotopic (exact) mass is 350 g/mol. The van der Waals surface area contributed by atoms with Crippen LogP contribution in [-0.2, 0) is 0 Å². The number of nitrogens with zero attached hydrogens (tertiary/aromatic N) is 4. The van der Waals surface area contributed by atoms with Crippen molar-refractivity contribution in [3.63, 3.8) is 0 Å². The Morgan fingerprint density at radius 3 is 1.73 bits per heavy atom. The van der Waals surface area contributed by atoms with E-state index >= 15 is 0 Å². The predicted octanol–water partition coefficient (Wildman–Crippen LogP) is 3.53. The van der Waals surface area contributed by atoms with E-state index < -0.39 is 0 Å². The molecule has 0 saturated heterocycles. The first-order valence-corrected chi connectivity index (χ1v) is 8.58. The Morgan fingerprint density at radius 2 is 1.23 bits per heavy atom. The Morgan fingerprint density at radius 1 is 0.731 bits per heavy atom. The third-order valence-electron chi connectivity index (χ3n) is 3.60. The zero-order chi connectivity index (χ0) is 18.9. The van der Waals surface area contributed by atoms with Gasteiger partial charge in [0, 0.05) is 40.2 Å². The number of Topliss-reactive ketones (excluding diaryl/α,β-unsaturated/α-hetero) is 1. The molecule has 2 aromatic rings. The van der Waals surface area contributed by atoms with Gasteiger partial charge in [0.25, 0.3) is 0 Å². The van der Waals surface area contributed by atoms with Gasteiger partial charge in [0.1, 0.15) is 0 Å². The van der Waals surface area contributed by atoms with Crippen molar-refractivity contribution in [2.24, 2.45) is 10.2 Å². The summed E-state index contributed by atoms with van der Waals surface area (Å²) in [4.78, 5) is 12.6. The van der Waals surface area contributed by atoms with Gasteiger partial charge >= 0.3 is 0 Å². The fraction of sp³-hybridized carbons (Fsp3) is 0.286. The number of carbonyl (C=O) groups excluding carboxylic acids is 1. The van der Waals surface area contributed by atoms with Gasteiger partial charge in [-0.3, -0.25) is 4.79 Å². The van der Waals surface area contributed by atoms with Gasteiger partial charge in [0.05, 0.1) is 17.8 Å². The predicted molar refractivity (Wildman–Crippen MR) is 108 cm³/mol. The second kappa shape index (κ2) is 9.51. The molecule has 0 amide bonds. The Bertz CT molecular complexity index is 765. The van der Waals surface area contributed by atoms with Crippen molar-refractivity contribution in [2.45, 2.75) is 12.8 Å². The molecule has 0 saturated carbocycles. The summed E-state index contributed by atoms with van der Waals surface area (Å²) in [6.07, 6.45) is 0.778. The van der Waals surface area contributed by atoms with E-state index in [0.29, 0.717) is 12.0 Å². The van der Waals surface area contributed by atoms with Crippen molar-refractivity contribution in [3.8, 4) is 0 Å². The maximum Gasteiger partial charge on any atom is 0.168 e. The van der Waals surface area contributed by atoms with Crippen LogP contribution in [0, 0.1) is 0 Å². The van der Waals surface area contributed by atoms with Crippen LogP contribution in [0.2, 0.25) is 0 Å². The molecule has 136 valence electrons. The molecule has 0 bridgehead atoms. The van der Waals surface area contributed by atoms with E-state index in [1.54, 1.807) is 10.0 Å². The normalized spacial score (nSPS) is 12.0. The molecule has 0 radical (unpaired) electrons. The van der Waals surface area contributed by atoms with Crippen molar-refractivity contribution in [1.29, 1.82) is 0 Å². The molecule has 5 heteroatoms. The van der Waals surface area contributed by atoms with Crippen LogP contribution >= 0.6 is 0 Å². The number of hydrogen-bond acceptors (Lipinski definition) is 5. The first-order valence-electron chi connectivity index (χ1n) is 8.58. The topological polar surface area (TPSA) is 48.3 Å². The third kappa shape index (κ3) is 6.16. The van der Waals surface area contributed by atoms with E-state index in [1.165, 1.54) is 0 Å². The lowest BCUT2D eigenvalue weighted by atomic mass is 9.99. The maximum atomic E-state index is 12.6. The highest BCUT2D eigenvalue weighted by Crippen LogP contribution is 2.11. The van der Waals surface area contributed by atoms with Gasteiger partial charge in [-0.25, -0.2) is 0 Å². The maximum absolute atomic E-state index is 12.6. The highest BCUT2D eigenvalue weighted by Gasteiger charge is 2.15. The molecule has 0 aliphatic carbocycles. The molecule has 0 aromatic heterocycles. The molecule has 0 aliphatic heterocycles. The largest absolute Gasteiger partial charge is 0.303 e. The van der Waals surface area contributed by atoms with E-state index in [2.05, 4.69) is 10.2 Å². The number of ketones is 1. The molecule has 0 heterocycles. The molecule has 26 heavy (non-hydrogen) atoms. The molecule has 0 spiro atoms. The summed E-state index contributed by atoms with van der Waals surface area (Å²) in [5.41, 5.74) is 3.40. The van der Waals surface area contributed by atoms with Gasteiger partial charge in [-0.05, 0) is 5.56 Å². The molecule has 2 rings (SSSR count). The molecule has 0 unspecified atom stereocenters. The number of benzene rings is 2. The average Bonchev–Trinajstić information content (AvgIpc) is 2.61. The van der Waals surface area contributed by atoms with E-state index in [-0.39, 0.29) is 12.2 Å². The summed E-state index contributed by atoms with van der Waals surface area (Å²) >= 11 is 0. The van der Waals surface area contributed by atoms with Crippen molar-refractivity contribution in [3.05, 3.63) is 71.8 Å². The minimum absolute atomic E-state index is 0.0588. The molecular formula is C21H26N4O. The van der Waals surface area contributed by atoms with Crippen LogP contribution < -0.4 is 0 Å². The second-order valence-corrected chi connectivity index (χ2v) is 6.42. The lowest BCUT2D eigenvalue weighted by Crippen LogP contribution is -2.19. The number of hydrogen-bond donors (Lipinski definition) is 0. The molecular weight excluding hydrogens is 324 g/mol. The van der Waals surface area contributed by atoms with E-state index in [9.17, 15) is 4.79 Å². The summed E-state index contributed by atoms with van der Waals surface area (Å²) in [5, 5.41) is 12.7.